The molecular formula is C23H27FN4O3. The summed E-state index contributed by atoms with van der Waals surface area (Å²) in [5.41, 5.74) is 3.68. The lowest BCUT2D eigenvalue weighted by Gasteiger charge is -2.31. The zero-order valence-electron chi connectivity index (χ0n) is 17.5. The lowest BCUT2D eigenvalue weighted by molar-refractivity contribution is -0.117. The summed E-state index contributed by atoms with van der Waals surface area (Å²) in [6.07, 6.45) is 2.80. The van der Waals surface area contributed by atoms with E-state index in [4.69, 9.17) is 4.74 Å². The quantitative estimate of drug-likeness (QED) is 0.634. The van der Waals surface area contributed by atoms with Gasteiger partial charge in [0.2, 0.25) is 5.91 Å². The highest BCUT2D eigenvalue weighted by Crippen LogP contribution is 2.42. The van der Waals surface area contributed by atoms with Crippen molar-refractivity contribution in [1.29, 1.82) is 0 Å². The predicted octanol–water partition coefficient (Wildman–Crippen LogP) is 4.53. The fraction of sp³-hybridized carbons (Fsp3) is 0.391. The molecule has 31 heavy (non-hydrogen) atoms. The Morgan fingerprint density at radius 1 is 1.19 bits per heavy atom. The van der Waals surface area contributed by atoms with Gasteiger partial charge >= 0.3 is 6.03 Å². The van der Waals surface area contributed by atoms with Crippen LogP contribution in [0.25, 0.3) is 0 Å². The first-order valence-corrected chi connectivity index (χ1v) is 10.7. The van der Waals surface area contributed by atoms with Gasteiger partial charge in [0.1, 0.15) is 5.82 Å². The van der Waals surface area contributed by atoms with E-state index < -0.39 is 6.03 Å². The second-order valence-electron chi connectivity index (χ2n) is 7.83. The molecule has 0 spiro atoms. The van der Waals surface area contributed by atoms with Crippen molar-refractivity contribution in [2.45, 2.75) is 32.1 Å². The molecule has 1 saturated heterocycles. The van der Waals surface area contributed by atoms with Crippen molar-refractivity contribution in [3.05, 3.63) is 47.8 Å². The zero-order chi connectivity index (χ0) is 21.8. The van der Waals surface area contributed by atoms with E-state index in [0.29, 0.717) is 37.7 Å². The van der Waals surface area contributed by atoms with Gasteiger partial charge in [0.25, 0.3) is 0 Å². The van der Waals surface area contributed by atoms with Crippen LogP contribution in [0.2, 0.25) is 0 Å². The highest BCUT2D eigenvalue weighted by molar-refractivity contribution is 6.07. The summed E-state index contributed by atoms with van der Waals surface area (Å²) in [5.74, 6) is -0.534. The number of benzene rings is 2. The van der Waals surface area contributed by atoms with E-state index >= 15 is 0 Å². The summed E-state index contributed by atoms with van der Waals surface area (Å²) in [4.78, 5) is 27.3. The smallest absolute Gasteiger partial charge is 0.323 e. The number of halogens is 1. The molecule has 7 nitrogen and oxygen atoms in total. The Kier molecular flexibility index (Phi) is 6.36. The van der Waals surface area contributed by atoms with Gasteiger partial charge in [0.15, 0.2) is 0 Å². The number of amides is 3. The van der Waals surface area contributed by atoms with Crippen molar-refractivity contribution in [2.24, 2.45) is 0 Å². The normalized spacial score (nSPS) is 17.8. The van der Waals surface area contributed by atoms with Gasteiger partial charge in [-0.3, -0.25) is 4.79 Å². The van der Waals surface area contributed by atoms with Crippen LogP contribution in [0.1, 0.15) is 37.7 Å². The van der Waals surface area contributed by atoms with Crippen LogP contribution < -0.4 is 20.9 Å². The van der Waals surface area contributed by atoms with Gasteiger partial charge in [0, 0.05) is 24.5 Å². The van der Waals surface area contributed by atoms with Crippen molar-refractivity contribution >= 4 is 34.7 Å². The number of anilines is 4. The Bertz CT molecular complexity index is 958. The average Bonchev–Trinajstić information content (AvgIpc) is 3.07. The number of hydrogen-bond acceptors (Lipinski definition) is 4. The van der Waals surface area contributed by atoms with Gasteiger partial charge < -0.3 is 25.6 Å². The lowest BCUT2D eigenvalue weighted by atomic mass is 9.94. The highest BCUT2D eigenvalue weighted by atomic mass is 19.1. The Labute approximate surface area is 181 Å². The topological polar surface area (TPSA) is 82.7 Å². The summed E-state index contributed by atoms with van der Waals surface area (Å²) >= 11 is 0. The first-order chi connectivity index (χ1) is 15.0. The fourth-order valence-electron chi connectivity index (χ4n) is 4.04. The lowest BCUT2D eigenvalue weighted by Crippen LogP contribution is -2.37. The number of nitrogens with zero attached hydrogens (tertiary/aromatic N) is 1. The van der Waals surface area contributed by atoms with E-state index in [1.165, 1.54) is 24.3 Å². The first kappa shape index (κ1) is 21.1. The summed E-state index contributed by atoms with van der Waals surface area (Å²) in [7, 11) is 0. The highest BCUT2D eigenvalue weighted by Gasteiger charge is 2.32. The van der Waals surface area contributed by atoms with Crippen LogP contribution in [0.5, 0.6) is 0 Å². The second kappa shape index (κ2) is 9.34. The number of ether oxygens (including phenoxy) is 1. The van der Waals surface area contributed by atoms with Gasteiger partial charge in [-0.05, 0) is 48.4 Å². The van der Waals surface area contributed by atoms with Crippen molar-refractivity contribution < 1.29 is 18.7 Å². The molecule has 2 aliphatic rings. The van der Waals surface area contributed by atoms with Crippen molar-refractivity contribution in [3.63, 3.8) is 0 Å². The van der Waals surface area contributed by atoms with Crippen molar-refractivity contribution in [1.82, 2.24) is 0 Å². The molecule has 0 saturated carbocycles. The Morgan fingerprint density at radius 3 is 2.65 bits per heavy atom. The number of rotatable bonds is 6. The minimum absolute atomic E-state index is 0.00397. The molecule has 164 valence electrons. The number of hydrogen-bond donors (Lipinski definition) is 3. The number of carbonyl (C=O) groups excluding carboxylic acids is 2. The standard InChI is InChI=1S/C23H27FN4O3/c1-2-3-4-17-18-13-21(28-9-11-31-12-10-28)20(14-19(18)26-22(17)29)27-23(30)25-16-7-5-15(24)6-8-16/h5-8,13-14,17H,2-4,9-12H2,1H3,(H,26,29)(H2,25,27,30). The molecule has 3 amide bonds. The number of fused-ring (bicyclic) bond motifs is 1. The van der Waals surface area contributed by atoms with E-state index in [9.17, 15) is 14.0 Å². The van der Waals surface area contributed by atoms with Gasteiger partial charge in [-0.2, -0.15) is 0 Å². The number of nitrogens with one attached hydrogen (secondary N) is 3. The first-order valence-electron chi connectivity index (χ1n) is 10.7. The van der Waals surface area contributed by atoms with Crippen LogP contribution in [0.4, 0.5) is 31.9 Å². The minimum Gasteiger partial charge on any atom is -0.378 e. The molecule has 0 aliphatic carbocycles. The molecule has 3 N–H and O–H groups in total. The summed E-state index contributed by atoms with van der Waals surface area (Å²) < 4.78 is 18.6. The van der Waals surface area contributed by atoms with Crippen LogP contribution in [0.3, 0.4) is 0 Å². The third-order valence-electron chi connectivity index (χ3n) is 5.67. The molecule has 0 aromatic heterocycles. The molecule has 2 heterocycles. The largest absolute Gasteiger partial charge is 0.378 e. The van der Waals surface area contributed by atoms with Gasteiger partial charge in [-0.15, -0.1) is 0 Å². The molecule has 2 aliphatic heterocycles. The fourth-order valence-corrected chi connectivity index (χ4v) is 4.04. The maximum atomic E-state index is 13.1. The van der Waals surface area contributed by atoms with E-state index in [-0.39, 0.29) is 17.6 Å². The molecule has 1 atom stereocenters. The van der Waals surface area contributed by atoms with Gasteiger partial charge in [0.05, 0.1) is 30.5 Å². The van der Waals surface area contributed by atoms with E-state index in [2.05, 4.69) is 27.8 Å². The SMILES string of the molecule is CCCCC1C(=O)Nc2cc(NC(=O)Nc3ccc(F)cc3)c(N3CCOCC3)cc21. The van der Waals surface area contributed by atoms with Crippen molar-refractivity contribution in [2.75, 3.05) is 47.2 Å². The maximum Gasteiger partial charge on any atom is 0.323 e. The van der Waals surface area contributed by atoms with E-state index in [1.54, 1.807) is 0 Å². The predicted molar refractivity (Wildman–Crippen MR) is 119 cm³/mol. The zero-order valence-corrected chi connectivity index (χ0v) is 17.5. The molecule has 1 unspecified atom stereocenters. The monoisotopic (exact) mass is 426 g/mol. The van der Waals surface area contributed by atoms with Crippen LogP contribution in [-0.2, 0) is 9.53 Å². The molecule has 2 aromatic carbocycles. The van der Waals surface area contributed by atoms with Crippen LogP contribution >= 0.6 is 0 Å². The van der Waals surface area contributed by atoms with Gasteiger partial charge in [-0.25, -0.2) is 9.18 Å². The van der Waals surface area contributed by atoms with Crippen LogP contribution in [0, 0.1) is 5.82 Å². The average molecular weight is 426 g/mol. The molecular weight excluding hydrogens is 399 g/mol. The van der Waals surface area contributed by atoms with Crippen molar-refractivity contribution in [3.8, 4) is 0 Å². The Balaban J connectivity index is 1.61. The molecule has 2 aromatic rings. The van der Waals surface area contributed by atoms with E-state index in [0.717, 1.165) is 36.2 Å². The summed E-state index contributed by atoms with van der Waals surface area (Å²) in [6, 6.07) is 8.98. The van der Waals surface area contributed by atoms with Crippen LogP contribution in [0.15, 0.2) is 36.4 Å². The summed E-state index contributed by atoms with van der Waals surface area (Å²) in [5, 5.41) is 8.57. The molecule has 0 radical (unpaired) electrons. The Morgan fingerprint density at radius 2 is 1.94 bits per heavy atom. The third-order valence-corrected chi connectivity index (χ3v) is 5.67. The number of unbranched alkanes of at least 4 members (excludes halogenated alkanes) is 1. The third kappa shape index (κ3) is 4.80. The number of urea groups is 1. The minimum atomic E-state index is -0.437. The number of carbonyl (C=O) groups is 2. The molecule has 1 fully saturated rings. The maximum absolute atomic E-state index is 13.1. The van der Waals surface area contributed by atoms with E-state index in [1.807, 2.05) is 12.1 Å². The molecule has 8 heteroatoms. The Hall–Kier alpha value is -3.13. The molecule has 4 rings (SSSR count). The number of morpholine rings is 1. The molecule has 0 bridgehead atoms. The van der Waals surface area contributed by atoms with Gasteiger partial charge in [-0.1, -0.05) is 19.8 Å². The summed E-state index contributed by atoms with van der Waals surface area (Å²) in [6.45, 7) is 4.73. The van der Waals surface area contributed by atoms with Crippen LogP contribution in [-0.4, -0.2) is 38.2 Å². The second-order valence-corrected chi connectivity index (χ2v) is 7.83.